The molecule has 1 atom stereocenters. The van der Waals surface area contributed by atoms with E-state index in [2.05, 4.69) is 22.3 Å². The fraction of sp³-hybridized carbons (Fsp3) is 0.278. The van der Waals surface area contributed by atoms with Crippen LogP contribution in [0.5, 0.6) is 0 Å². The van der Waals surface area contributed by atoms with Gasteiger partial charge in [-0.05, 0) is 42.7 Å². The van der Waals surface area contributed by atoms with Crippen LogP contribution in [0.1, 0.15) is 18.1 Å². The summed E-state index contributed by atoms with van der Waals surface area (Å²) in [5.74, 6) is -0.175. The molecule has 3 rings (SSSR count). The van der Waals surface area contributed by atoms with Gasteiger partial charge in [0.25, 0.3) is 0 Å². The second-order valence-corrected chi connectivity index (χ2v) is 7.79. The van der Waals surface area contributed by atoms with E-state index >= 15 is 0 Å². The number of sulfonamides is 1. The van der Waals surface area contributed by atoms with Gasteiger partial charge in [0, 0.05) is 18.8 Å². The van der Waals surface area contributed by atoms with Crippen LogP contribution in [0.3, 0.4) is 0 Å². The molecule has 7 heteroatoms. The summed E-state index contributed by atoms with van der Waals surface area (Å²) >= 11 is 0. The molecule has 1 aliphatic heterocycles. The first kappa shape index (κ1) is 17.6. The fourth-order valence-electron chi connectivity index (χ4n) is 3.01. The molecular weight excluding hydrogens is 338 g/mol. The lowest BCUT2D eigenvalue weighted by molar-refractivity contribution is -0.121. The highest BCUT2D eigenvalue weighted by atomic mass is 32.2. The van der Waals surface area contributed by atoms with Gasteiger partial charge in [-0.3, -0.25) is 9.69 Å². The predicted octanol–water partition coefficient (Wildman–Crippen LogP) is 1.72. The van der Waals surface area contributed by atoms with Crippen LogP contribution in [-0.2, 0) is 27.8 Å². The van der Waals surface area contributed by atoms with Crippen LogP contribution in [-0.4, -0.2) is 31.8 Å². The zero-order valence-electron chi connectivity index (χ0n) is 14.0. The van der Waals surface area contributed by atoms with Gasteiger partial charge in [0.1, 0.15) is 0 Å². The number of nitrogens with two attached hydrogens (primary N) is 1. The molecule has 1 heterocycles. The van der Waals surface area contributed by atoms with Gasteiger partial charge in [0.05, 0.1) is 10.9 Å². The minimum absolute atomic E-state index is 0.0233. The molecule has 132 valence electrons. The first-order valence-corrected chi connectivity index (χ1v) is 9.64. The van der Waals surface area contributed by atoms with Crippen molar-refractivity contribution in [2.24, 2.45) is 5.14 Å². The van der Waals surface area contributed by atoms with Crippen molar-refractivity contribution in [1.29, 1.82) is 0 Å². The molecule has 1 aliphatic rings. The van der Waals surface area contributed by atoms with Crippen LogP contribution in [0, 0.1) is 0 Å². The largest absolute Gasteiger partial charge is 0.325 e. The van der Waals surface area contributed by atoms with E-state index in [1.54, 1.807) is 12.1 Å². The smallest absolute Gasteiger partial charge is 0.241 e. The van der Waals surface area contributed by atoms with Gasteiger partial charge >= 0.3 is 0 Å². The molecule has 0 saturated heterocycles. The lowest BCUT2D eigenvalue weighted by atomic mass is 9.99. The Bertz CT molecular complexity index is 896. The van der Waals surface area contributed by atoms with Gasteiger partial charge in [0.15, 0.2) is 0 Å². The maximum absolute atomic E-state index is 12.6. The van der Waals surface area contributed by atoms with Crippen LogP contribution in [0.4, 0.5) is 5.69 Å². The first-order chi connectivity index (χ1) is 11.8. The molecule has 2 aromatic rings. The van der Waals surface area contributed by atoms with E-state index in [-0.39, 0.29) is 16.8 Å². The number of nitrogens with zero attached hydrogens (tertiary/aromatic N) is 1. The Kier molecular flexibility index (Phi) is 4.89. The summed E-state index contributed by atoms with van der Waals surface area (Å²) in [6, 6.07) is 13.9. The molecule has 2 aromatic carbocycles. The molecule has 1 unspecified atom stereocenters. The van der Waals surface area contributed by atoms with Crippen LogP contribution in [0.25, 0.3) is 0 Å². The van der Waals surface area contributed by atoms with Crippen molar-refractivity contribution >= 4 is 21.6 Å². The maximum atomic E-state index is 12.6. The number of nitrogens with one attached hydrogen (secondary N) is 1. The lowest BCUT2D eigenvalue weighted by Gasteiger charge is -2.32. The molecule has 0 spiro atoms. The van der Waals surface area contributed by atoms with Gasteiger partial charge in [-0.2, -0.15) is 0 Å². The number of benzene rings is 2. The van der Waals surface area contributed by atoms with Gasteiger partial charge in [-0.15, -0.1) is 0 Å². The molecule has 6 nitrogen and oxygen atoms in total. The van der Waals surface area contributed by atoms with E-state index in [0.717, 1.165) is 19.5 Å². The van der Waals surface area contributed by atoms with E-state index in [1.807, 2.05) is 19.1 Å². The van der Waals surface area contributed by atoms with Gasteiger partial charge < -0.3 is 5.32 Å². The Morgan fingerprint density at radius 1 is 1.16 bits per heavy atom. The summed E-state index contributed by atoms with van der Waals surface area (Å²) in [5, 5.41) is 7.90. The minimum atomic E-state index is -3.80. The molecule has 0 aromatic heterocycles. The predicted molar refractivity (Wildman–Crippen MR) is 96.5 cm³/mol. The standard InChI is InChI=1S/C18H21N3O3S/c1-13(21-10-9-14-5-2-3-6-15(14)12-21)18(22)20-16-7-4-8-17(11-16)25(19,23)24/h2-8,11,13H,9-10,12H2,1H3,(H,20,22)(H2,19,23,24). The molecule has 0 fully saturated rings. The zero-order chi connectivity index (χ0) is 18.0. The first-order valence-electron chi connectivity index (χ1n) is 8.09. The van der Waals surface area contributed by atoms with Crippen molar-refractivity contribution in [2.75, 3.05) is 11.9 Å². The van der Waals surface area contributed by atoms with Gasteiger partial charge in [0.2, 0.25) is 15.9 Å². The number of fused-ring (bicyclic) bond motifs is 1. The highest BCUT2D eigenvalue weighted by Crippen LogP contribution is 2.21. The number of rotatable bonds is 4. The third kappa shape index (κ3) is 4.07. The Labute approximate surface area is 147 Å². The maximum Gasteiger partial charge on any atom is 0.241 e. The molecule has 25 heavy (non-hydrogen) atoms. The molecule has 0 saturated carbocycles. The summed E-state index contributed by atoms with van der Waals surface area (Å²) in [6.07, 6.45) is 0.911. The second-order valence-electron chi connectivity index (χ2n) is 6.23. The zero-order valence-corrected chi connectivity index (χ0v) is 14.8. The van der Waals surface area contributed by atoms with Crippen LogP contribution in [0.2, 0.25) is 0 Å². The summed E-state index contributed by atoms with van der Waals surface area (Å²) in [4.78, 5) is 14.6. The third-order valence-electron chi connectivity index (χ3n) is 4.52. The van der Waals surface area contributed by atoms with Crippen molar-refractivity contribution in [2.45, 2.75) is 30.8 Å². The van der Waals surface area contributed by atoms with E-state index in [0.29, 0.717) is 5.69 Å². The Morgan fingerprint density at radius 3 is 2.60 bits per heavy atom. The van der Waals surface area contributed by atoms with Gasteiger partial charge in [-0.25, -0.2) is 13.6 Å². The molecule has 0 bridgehead atoms. The lowest BCUT2D eigenvalue weighted by Crippen LogP contribution is -2.44. The molecular formula is C18H21N3O3S. The van der Waals surface area contributed by atoms with Crippen molar-refractivity contribution in [3.8, 4) is 0 Å². The SMILES string of the molecule is CC(C(=O)Nc1cccc(S(N)(=O)=O)c1)N1CCc2ccccc2C1. The molecule has 1 amide bonds. The summed E-state index contributed by atoms with van der Waals surface area (Å²) in [6.45, 7) is 3.39. The van der Waals surface area contributed by atoms with Crippen LogP contribution in [0.15, 0.2) is 53.4 Å². The average Bonchev–Trinajstić information content (AvgIpc) is 2.60. The van der Waals surface area contributed by atoms with Crippen molar-refractivity contribution in [3.05, 3.63) is 59.7 Å². The summed E-state index contributed by atoms with van der Waals surface area (Å²) < 4.78 is 22.9. The summed E-state index contributed by atoms with van der Waals surface area (Å²) in [5.41, 5.74) is 2.98. The molecule has 0 radical (unpaired) electrons. The normalized spacial score (nSPS) is 16.1. The van der Waals surface area contributed by atoms with Gasteiger partial charge in [-0.1, -0.05) is 30.3 Å². The van der Waals surface area contributed by atoms with E-state index in [4.69, 9.17) is 5.14 Å². The van der Waals surface area contributed by atoms with Crippen molar-refractivity contribution in [1.82, 2.24) is 4.90 Å². The van der Waals surface area contributed by atoms with Crippen molar-refractivity contribution in [3.63, 3.8) is 0 Å². The number of anilines is 1. The van der Waals surface area contributed by atoms with E-state index in [9.17, 15) is 13.2 Å². The van der Waals surface area contributed by atoms with E-state index < -0.39 is 10.0 Å². The minimum Gasteiger partial charge on any atom is -0.325 e. The molecule has 0 aliphatic carbocycles. The Morgan fingerprint density at radius 2 is 1.88 bits per heavy atom. The monoisotopic (exact) mass is 359 g/mol. The number of carbonyl (C=O) groups is 1. The molecule has 3 N–H and O–H groups in total. The quantitative estimate of drug-likeness (QED) is 0.869. The Balaban J connectivity index is 1.70. The van der Waals surface area contributed by atoms with Crippen LogP contribution < -0.4 is 10.5 Å². The highest BCUT2D eigenvalue weighted by molar-refractivity contribution is 7.89. The van der Waals surface area contributed by atoms with Crippen LogP contribution >= 0.6 is 0 Å². The number of hydrogen-bond acceptors (Lipinski definition) is 4. The highest BCUT2D eigenvalue weighted by Gasteiger charge is 2.25. The second kappa shape index (κ2) is 6.95. The van der Waals surface area contributed by atoms with E-state index in [1.165, 1.54) is 23.3 Å². The number of carbonyl (C=O) groups excluding carboxylic acids is 1. The van der Waals surface area contributed by atoms with Crippen molar-refractivity contribution < 1.29 is 13.2 Å². The summed E-state index contributed by atoms with van der Waals surface area (Å²) in [7, 11) is -3.80. The Hall–Kier alpha value is -2.22. The topological polar surface area (TPSA) is 92.5 Å². The number of amides is 1. The average molecular weight is 359 g/mol. The number of hydrogen-bond donors (Lipinski definition) is 2. The number of primary sulfonamides is 1. The third-order valence-corrected chi connectivity index (χ3v) is 5.43. The fourth-order valence-corrected chi connectivity index (χ4v) is 3.57.